The second kappa shape index (κ2) is 8.42. The number of carboxylic acids is 1. The number of benzene rings is 2. The van der Waals surface area contributed by atoms with E-state index in [1.165, 1.54) is 30.4 Å². The van der Waals surface area contributed by atoms with E-state index in [0.29, 0.717) is 30.5 Å². The predicted octanol–water partition coefficient (Wildman–Crippen LogP) is 3.64. The molecule has 0 saturated carbocycles. The van der Waals surface area contributed by atoms with Crippen LogP contribution in [-0.2, 0) is 17.6 Å². The first kappa shape index (κ1) is 18.5. The van der Waals surface area contributed by atoms with E-state index in [9.17, 15) is 4.79 Å². The highest BCUT2D eigenvalue weighted by atomic mass is 16.6. The Morgan fingerprint density at radius 2 is 1.68 bits per heavy atom. The van der Waals surface area contributed by atoms with Crippen molar-refractivity contribution in [3.05, 3.63) is 47.5 Å². The van der Waals surface area contributed by atoms with Crippen LogP contribution < -0.4 is 18.9 Å². The molecule has 2 aromatic rings. The highest BCUT2D eigenvalue weighted by Gasteiger charge is 2.27. The van der Waals surface area contributed by atoms with Gasteiger partial charge >= 0.3 is 5.97 Å². The van der Waals surface area contributed by atoms with Gasteiger partial charge in [-0.15, -0.1) is 0 Å². The maximum atomic E-state index is 11.0. The molecular weight excluding hydrogens is 360 g/mol. The summed E-state index contributed by atoms with van der Waals surface area (Å²) in [5, 5.41) is 8.98. The summed E-state index contributed by atoms with van der Waals surface area (Å²) in [6, 6.07) is 11.5. The molecule has 6 nitrogen and oxygen atoms in total. The Balaban J connectivity index is 1.22. The first-order chi connectivity index (χ1) is 13.7. The number of rotatable bonds is 7. The Hall–Kier alpha value is -2.89. The Labute approximate surface area is 164 Å². The molecule has 1 N–H and O–H groups in total. The fraction of sp³-hybridized carbons (Fsp3) is 0.409. The molecule has 0 bridgehead atoms. The van der Waals surface area contributed by atoms with Gasteiger partial charge in [0.2, 0.25) is 6.10 Å². The van der Waals surface area contributed by atoms with Gasteiger partial charge in [-0.05, 0) is 61.1 Å². The SMILES string of the molecule is O=C(O)C1COc2cc(OCCCOc3ccc4c(c3)CCCC4)ccc2O1. The van der Waals surface area contributed by atoms with Gasteiger partial charge < -0.3 is 24.1 Å². The van der Waals surface area contributed by atoms with Crippen molar-refractivity contribution in [1.29, 1.82) is 0 Å². The Morgan fingerprint density at radius 1 is 0.964 bits per heavy atom. The molecule has 1 aliphatic heterocycles. The standard InChI is InChI=1S/C22H24O6/c23-22(24)21-14-27-20-13-18(8-9-19(20)28-21)26-11-3-10-25-17-7-6-15-4-1-2-5-16(15)12-17/h6-9,12-13,21H,1-5,10-11,14H2,(H,23,24). The van der Waals surface area contributed by atoms with Crippen molar-refractivity contribution in [2.45, 2.75) is 38.2 Å². The summed E-state index contributed by atoms with van der Waals surface area (Å²) in [5.41, 5.74) is 2.87. The van der Waals surface area contributed by atoms with Crippen LogP contribution in [0.15, 0.2) is 36.4 Å². The highest BCUT2D eigenvalue weighted by Crippen LogP contribution is 2.35. The first-order valence-electron chi connectivity index (χ1n) is 9.73. The van der Waals surface area contributed by atoms with Gasteiger partial charge in [0, 0.05) is 12.5 Å². The average Bonchev–Trinajstić information content (AvgIpc) is 2.73. The average molecular weight is 384 g/mol. The smallest absolute Gasteiger partial charge is 0.348 e. The minimum Gasteiger partial charge on any atom is -0.493 e. The zero-order valence-electron chi connectivity index (χ0n) is 15.7. The monoisotopic (exact) mass is 384 g/mol. The Morgan fingerprint density at radius 3 is 2.46 bits per heavy atom. The summed E-state index contributed by atoms with van der Waals surface area (Å²) in [4.78, 5) is 11.0. The second-order valence-electron chi connectivity index (χ2n) is 7.05. The number of carbonyl (C=O) groups is 1. The van der Waals surface area contributed by atoms with Crippen molar-refractivity contribution < 1.29 is 28.8 Å². The van der Waals surface area contributed by atoms with Crippen molar-refractivity contribution in [3.63, 3.8) is 0 Å². The lowest BCUT2D eigenvalue weighted by atomic mass is 9.92. The predicted molar refractivity (Wildman–Crippen MR) is 103 cm³/mol. The lowest BCUT2D eigenvalue weighted by Gasteiger charge is -2.24. The topological polar surface area (TPSA) is 74.2 Å². The molecule has 0 aromatic heterocycles. The third-order valence-corrected chi connectivity index (χ3v) is 5.00. The van der Waals surface area contributed by atoms with E-state index in [2.05, 4.69) is 18.2 Å². The number of fused-ring (bicyclic) bond motifs is 2. The molecule has 0 spiro atoms. The molecule has 2 aliphatic rings. The van der Waals surface area contributed by atoms with Gasteiger partial charge in [-0.25, -0.2) is 4.79 Å². The van der Waals surface area contributed by atoms with Crippen LogP contribution in [-0.4, -0.2) is 37.0 Å². The largest absolute Gasteiger partial charge is 0.493 e. The van der Waals surface area contributed by atoms with Gasteiger partial charge in [0.15, 0.2) is 11.5 Å². The van der Waals surface area contributed by atoms with E-state index in [4.69, 9.17) is 24.1 Å². The van der Waals surface area contributed by atoms with Crippen molar-refractivity contribution in [2.24, 2.45) is 0 Å². The summed E-state index contributed by atoms with van der Waals surface area (Å²) in [5.74, 6) is 1.46. The molecule has 28 heavy (non-hydrogen) atoms. The third kappa shape index (κ3) is 4.32. The minimum absolute atomic E-state index is 0.0135. The lowest BCUT2D eigenvalue weighted by molar-refractivity contribution is -0.147. The summed E-state index contributed by atoms with van der Waals surface area (Å²) in [7, 11) is 0. The number of ether oxygens (including phenoxy) is 4. The molecule has 6 heteroatoms. The Bertz CT molecular complexity index is 847. The van der Waals surface area contributed by atoms with E-state index in [1.54, 1.807) is 18.2 Å². The molecule has 0 amide bonds. The van der Waals surface area contributed by atoms with Crippen LogP contribution in [0.3, 0.4) is 0 Å². The van der Waals surface area contributed by atoms with Gasteiger partial charge in [0.25, 0.3) is 0 Å². The molecule has 148 valence electrons. The Kier molecular flexibility index (Phi) is 5.55. The van der Waals surface area contributed by atoms with Crippen LogP contribution >= 0.6 is 0 Å². The van der Waals surface area contributed by atoms with Gasteiger partial charge in [-0.3, -0.25) is 0 Å². The zero-order valence-corrected chi connectivity index (χ0v) is 15.7. The van der Waals surface area contributed by atoms with Gasteiger partial charge in [-0.1, -0.05) is 6.07 Å². The fourth-order valence-electron chi connectivity index (χ4n) is 3.50. The van der Waals surface area contributed by atoms with E-state index < -0.39 is 12.1 Å². The normalized spacial score (nSPS) is 17.5. The van der Waals surface area contributed by atoms with Crippen LogP contribution in [0.25, 0.3) is 0 Å². The van der Waals surface area contributed by atoms with E-state index in [0.717, 1.165) is 18.6 Å². The minimum atomic E-state index is -1.04. The molecule has 1 heterocycles. The summed E-state index contributed by atoms with van der Waals surface area (Å²) >= 11 is 0. The quantitative estimate of drug-likeness (QED) is 0.735. The molecule has 1 unspecified atom stereocenters. The number of aliphatic carboxylic acids is 1. The molecule has 2 aromatic carbocycles. The summed E-state index contributed by atoms with van der Waals surface area (Å²) < 4.78 is 22.4. The molecular formula is C22H24O6. The molecule has 4 rings (SSSR count). The first-order valence-corrected chi connectivity index (χ1v) is 9.73. The van der Waals surface area contributed by atoms with Crippen molar-refractivity contribution in [2.75, 3.05) is 19.8 Å². The van der Waals surface area contributed by atoms with E-state index in [1.807, 2.05) is 0 Å². The summed E-state index contributed by atoms with van der Waals surface area (Å²) in [6.45, 7) is 1.09. The number of carboxylic acid groups (broad SMARTS) is 1. The fourth-order valence-corrected chi connectivity index (χ4v) is 3.50. The van der Waals surface area contributed by atoms with Crippen molar-refractivity contribution in [3.8, 4) is 23.0 Å². The van der Waals surface area contributed by atoms with Crippen LogP contribution in [0.4, 0.5) is 0 Å². The molecule has 1 aliphatic carbocycles. The zero-order chi connectivity index (χ0) is 19.3. The second-order valence-corrected chi connectivity index (χ2v) is 7.05. The van der Waals surface area contributed by atoms with Crippen LogP contribution in [0, 0.1) is 0 Å². The van der Waals surface area contributed by atoms with E-state index >= 15 is 0 Å². The maximum Gasteiger partial charge on any atom is 0.348 e. The van der Waals surface area contributed by atoms with Gasteiger partial charge in [-0.2, -0.15) is 0 Å². The van der Waals surface area contributed by atoms with Crippen LogP contribution in [0.2, 0.25) is 0 Å². The molecule has 0 saturated heterocycles. The van der Waals surface area contributed by atoms with Crippen LogP contribution in [0.5, 0.6) is 23.0 Å². The van der Waals surface area contributed by atoms with Crippen molar-refractivity contribution in [1.82, 2.24) is 0 Å². The van der Waals surface area contributed by atoms with Gasteiger partial charge in [0.1, 0.15) is 18.1 Å². The van der Waals surface area contributed by atoms with E-state index in [-0.39, 0.29) is 6.61 Å². The number of hydrogen-bond acceptors (Lipinski definition) is 5. The highest BCUT2D eigenvalue weighted by molar-refractivity contribution is 5.73. The molecule has 0 fully saturated rings. The molecule has 1 atom stereocenters. The summed E-state index contributed by atoms with van der Waals surface area (Å²) in [6.07, 6.45) is 4.65. The van der Waals surface area contributed by atoms with Crippen molar-refractivity contribution >= 4 is 5.97 Å². The number of aryl methyl sites for hydroxylation is 2. The molecule has 0 radical (unpaired) electrons. The maximum absolute atomic E-state index is 11.0. The third-order valence-electron chi connectivity index (χ3n) is 5.00. The van der Waals surface area contributed by atoms with Crippen LogP contribution in [0.1, 0.15) is 30.4 Å². The lowest BCUT2D eigenvalue weighted by Crippen LogP contribution is -2.36. The van der Waals surface area contributed by atoms with Gasteiger partial charge in [0.05, 0.1) is 13.2 Å². The number of hydrogen-bond donors (Lipinski definition) is 1.